The third-order valence-corrected chi connectivity index (χ3v) is 6.28. The quantitative estimate of drug-likeness (QED) is 0.538. The molecule has 1 saturated carbocycles. The molecule has 0 amide bonds. The summed E-state index contributed by atoms with van der Waals surface area (Å²) in [6.45, 7) is 3.55. The molecule has 0 unspecified atom stereocenters. The van der Waals surface area contributed by atoms with Crippen LogP contribution in [0.1, 0.15) is 42.1 Å². The first-order valence-corrected chi connectivity index (χ1v) is 10.9. The Labute approximate surface area is 177 Å². The van der Waals surface area contributed by atoms with Crippen LogP contribution in [-0.4, -0.2) is 32.3 Å². The van der Waals surface area contributed by atoms with Crippen molar-refractivity contribution < 1.29 is 0 Å². The van der Waals surface area contributed by atoms with E-state index >= 15 is 0 Å². The molecule has 2 aliphatic rings. The molecule has 1 aliphatic carbocycles. The van der Waals surface area contributed by atoms with Crippen molar-refractivity contribution in [3.8, 4) is 0 Å². The summed E-state index contributed by atoms with van der Waals surface area (Å²) in [5, 5.41) is 4.95. The lowest BCUT2D eigenvalue weighted by molar-refractivity contribution is 0.225. The van der Waals surface area contributed by atoms with Gasteiger partial charge in [0.2, 0.25) is 0 Å². The Morgan fingerprint density at radius 2 is 1.69 bits per heavy atom. The number of nitrogens with zero attached hydrogens (tertiary/aromatic N) is 4. The fraction of sp³-hybridized carbons (Fsp3) is 0.333. The Hall–Kier alpha value is -2.50. The lowest BCUT2D eigenvalue weighted by Gasteiger charge is -2.26. The number of rotatable bonds is 6. The van der Waals surface area contributed by atoms with Crippen molar-refractivity contribution in [1.29, 1.82) is 0 Å². The first-order chi connectivity index (χ1) is 14.3. The van der Waals surface area contributed by atoms with E-state index in [4.69, 9.17) is 17.3 Å². The number of benzene rings is 2. The fourth-order valence-electron chi connectivity index (χ4n) is 4.05. The van der Waals surface area contributed by atoms with Gasteiger partial charge in [0.15, 0.2) is 4.77 Å². The van der Waals surface area contributed by atoms with E-state index in [1.807, 2.05) is 4.68 Å². The predicted molar refractivity (Wildman–Crippen MR) is 119 cm³/mol. The molecule has 4 nitrogen and oxygen atoms in total. The summed E-state index contributed by atoms with van der Waals surface area (Å²) < 4.78 is 5.12. The van der Waals surface area contributed by atoms with E-state index in [9.17, 15) is 0 Å². The van der Waals surface area contributed by atoms with E-state index in [2.05, 4.69) is 76.2 Å². The summed E-state index contributed by atoms with van der Waals surface area (Å²) in [5.74, 6) is 1.74. The maximum Gasteiger partial charge on any atom is 0.199 e. The van der Waals surface area contributed by atoms with Gasteiger partial charge in [0.05, 0.1) is 13.2 Å². The molecule has 29 heavy (non-hydrogen) atoms. The van der Waals surface area contributed by atoms with Gasteiger partial charge in [-0.05, 0) is 48.2 Å². The molecule has 5 rings (SSSR count). The Kier molecular flexibility index (Phi) is 5.17. The highest BCUT2D eigenvalue weighted by Gasteiger charge is 2.30. The zero-order valence-electron chi connectivity index (χ0n) is 16.6. The van der Waals surface area contributed by atoms with Crippen LogP contribution in [0.15, 0.2) is 66.7 Å². The minimum atomic E-state index is 0.576. The van der Waals surface area contributed by atoms with E-state index in [0.29, 0.717) is 5.92 Å². The van der Waals surface area contributed by atoms with Gasteiger partial charge < -0.3 is 0 Å². The van der Waals surface area contributed by atoms with Crippen molar-refractivity contribution in [3.63, 3.8) is 0 Å². The molecule has 1 aromatic heterocycles. The molecule has 0 atom stereocenters. The number of hydrogen-bond acceptors (Lipinski definition) is 3. The van der Waals surface area contributed by atoms with Crippen LogP contribution in [0.4, 0.5) is 0 Å². The van der Waals surface area contributed by atoms with Crippen molar-refractivity contribution in [2.24, 2.45) is 0 Å². The van der Waals surface area contributed by atoms with E-state index < -0.39 is 0 Å². The molecular weight excluding hydrogens is 376 g/mol. The predicted octanol–water partition coefficient (Wildman–Crippen LogP) is 5.09. The molecule has 2 aromatic carbocycles. The van der Waals surface area contributed by atoms with Gasteiger partial charge in [-0.1, -0.05) is 66.7 Å². The third kappa shape index (κ3) is 4.11. The lowest BCUT2D eigenvalue weighted by Crippen LogP contribution is -2.31. The molecule has 2 heterocycles. The Bertz CT molecular complexity index is 1060. The summed E-state index contributed by atoms with van der Waals surface area (Å²) in [4.78, 5) is 2.43. The van der Waals surface area contributed by atoms with Crippen LogP contribution in [0.5, 0.6) is 0 Å². The molecular formula is C24H26N4S. The summed E-state index contributed by atoms with van der Waals surface area (Å²) in [6, 6.07) is 21.3. The maximum absolute atomic E-state index is 5.85. The molecule has 0 saturated heterocycles. The van der Waals surface area contributed by atoms with Crippen molar-refractivity contribution in [2.75, 3.05) is 13.1 Å². The monoisotopic (exact) mass is 402 g/mol. The van der Waals surface area contributed by atoms with Crippen molar-refractivity contribution >= 4 is 17.8 Å². The minimum absolute atomic E-state index is 0.576. The normalized spacial score (nSPS) is 17.3. The molecule has 0 radical (unpaired) electrons. The topological polar surface area (TPSA) is 26.0 Å². The van der Waals surface area contributed by atoms with Crippen molar-refractivity contribution in [1.82, 2.24) is 19.2 Å². The van der Waals surface area contributed by atoms with Crippen LogP contribution in [-0.2, 0) is 13.2 Å². The van der Waals surface area contributed by atoms with Crippen LogP contribution in [0.25, 0.3) is 5.57 Å². The second-order valence-electron chi connectivity index (χ2n) is 8.05. The van der Waals surface area contributed by atoms with Gasteiger partial charge in [-0.2, -0.15) is 5.10 Å². The second-order valence-corrected chi connectivity index (χ2v) is 8.42. The van der Waals surface area contributed by atoms with Crippen LogP contribution in [0.2, 0.25) is 0 Å². The summed E-state index contributed by atoms with van der Waals surface area (Å²) >= 11 is 5.85. The summed E-state index contributed by atoms with van der Waals surface area (Å²) in [6.07, 6.45) is 5.88. The molecule has 0 bridgehead atoms. The van der Waals surface area contributed by atoms with Gasteiger partial charge in [0.1, 0.15) is 5.82 Å². The van der Waals surface area contributed by atoms with Crippen LogP contribution < -0.4 is 0 Å². The fourth-order valence-corrected chi connectivity index (χ4v) is 4.31. The smallest absolute Gasteiger partial charge is 0.199 e. The van der Waals surface area contributed by atoms with Crippen LogP contribution in [0, 0.1) is 4.77 Å². The standard InChI is InChI=1S/C24H26N4S/c29-24-27(17-19-7-3-1-4-8-19)23(22-11-12-22)25-28(24)18-26-15-13-21(14-16-26)20-9-5-2-6-10-20/h1-10,13,22H,11-12,14-18H2. The molecule has 1 fully saturated rings. The zero-order valence-corrected chi connectivity index (χ0v) is 17.4. The second kappa shape index (κ2) is 8.09. The van der Waals surface area contributed by atoms with Gasteiger partial charge in [-0.15, -0.1) is 0 Å². The third-order valence-electron chi connectivity index (χ3n) is 5.85. The first-order valence-electron chi connectivity index (χ1n) is 10.5. The van der Waals surface area contributed by atoms with E-state index in [0.717, 1.165) is 43.3 Å². The van der Waals surface area contributed by atoms with E-state index in [1.165, 1.54) is 29.5 Å². The lowest BCUT2D eigenvalue weighted by atomic mass is 10.00. The molecule has 5 heteroatoms. The minimum Gasteiger partial charge on any atom is -0.299 e. The van der Waals surface area contributed by atoms with Gasteiger partial charge >= 0.3 is 0 Å². The highest BCUT2D eigenvalue weighted by Crippen LogP contribution is 2.39. The number of hydrogen-bond donors (Lipinski definition) is 0. The van der Waals surface area contributed by atoms with E-state index in [1.54, 1.807) is 0 Å². The van der Waals surface area contributed by atoms with Crippen LogP contribution >= 0.6 is 12.2 Å². The van der Waals surface area contributed by atoms with Gasteiger partial charge in [-0.3, -0.25) is 9.47 Å². The Morgan fingerprint density at radius 3 is 2.34 bits per heavy atom. The zero-order chi connectivity index (χ0) is 19.6. The van der Waals surface area contributed by atoms with Gasteiger partial charge in [0, 0.05) is 19.0 Å². The molecule has 3 aromatic rings. The largest absolute Gasteiger partial charge is 0.299 e. The Morgan fingerprint density at radius 1 is 0.966 bits per heavy atom. The summed E-state index contributed by atoms with van der Waals surface area (Å²) in [5.41, 5.74) is 4.06. The highest BCUT2D eigenvalue weighted by molar-refractivity contribution is 7.71. The van der Waals surface area contributed by atoms with Gasteiger partial charge in [0.25, 0.3) is 0 Å². The van der Waals surface area contributed by atoms with Crippen LogP contribution in [0.3, 0.4) is 0 Å². The molecule has 148 valence electrons. The average Bonchev–Trinajstić information content (AvgIpc) is 3.58. The SMILES string of the molecule is S=c1n(CN2CC=C(c3ccccc3)CC2)nc(C2CC2)n1Cc1ccccc1. The maximum atomic E-state index is 5.85. The van der Waals surface area contributed by atoms with Gasteiger partial charge in [-0.25, -0.2) is 4.68 Å². The molecule has 0 spiro atoms. The molecule has 0 N–H and O–H groups in total. The number of aromatic nitrogens is 3. The summed E-state index contributed by atoms with van der Waals surface area (Å²) in [7, 11) is 0. The van der Waals surface area contributed by atoms with E-state index in [-0.39, 0.29) is 0 Å². The average molecular weight is 403 g/mol. The Balaban J connectivity index is 1.34. The first kappa shape index (κ1) is 18.5. The molecule has 1 aliphatic heterocycles. The van der Waals surface area contributed by atoms with Crippen molar-refractivity contribution in [3.05, 3.63) is 88.5 Å². The van der Waals surface area contributed by atoms with Crippen molar-refractivity contribution in [2.45, 2.75) is 38.4 Å². The highest BCUT2D eigenvalue weighted by atomic mass is 32.1.